The molecule has 4 saturated carbocycles. The second-order valence-electron chi connectivity index (χ2n) is 21.4. The van der Waals surface area contributed by atoms with Crippen molar-refractivity contribution in [3.8, 4) is 0 Å². The molecule has 27 atom stereocenters. The van der Waals surface area contributed by atoms with Gasteiger partial charge < -0.3 is 89.0 Å². The fraction of sp³-hybridized carbons (Fsp3) is 0.978. The summed E-state index contributed by atoms with van der Waals surface area (Å²) < 4.78 is 49.8. The van der Waals surface area contributed by atoms with Crippen LogP contribution in [0, 0.1) is 52.3 Å². The van der Waals surface area contributed by atoms with E-state index in [1.165, 1.54) is 0 Å². The molecule has 0 unspecified atom stereocenters. The average Bonchev–Trinajstić information content (AvgIpc) is 3.73. The monoisotopic (exact) mass is 916 g/mol. The third kappa shape index (κ3) is 7.67. The fourth-order valence-electron chi connectivity index (χ4n) is 14.3. The SMILES string of the molecule is C[C@@H]1CC[C@@]2(OC1)O[C@H]1C[C@H]3[C@@H]4CC[C@@H]5C[C@@H](O[C@@H]6O[C@H](CO)[C@H](O)[C@H](O[C@@H]7O[C@H](CO)[C@@H](O)[C@H](O)[C@H]7O)[C@H]6O[C@@H]6O[C@H](CO)[C@@H](O)[C@H](O)[C@H]6O)CC[C@]5(C)[C@H]4CC(=O)[C@]3(C)[C@H]1[C@@H]2C. The van der Waals surface area contributed by atoms with Gasteiger partial charge >= 0.3 is 0 Å². The summed E-state index contributed by atoms with van der Waals surface area (Å²) in [4.78, 5) is 14.7. The minimum absolute atomic E-state index is 0.0146. The zero-order valence-electron chi connectivity index (χ0n) is 37.2. The molecule has 5 aliphatic heterocycles. The molecule has 19 heteroatoms. The summed E-state index contributed by atoms with van der Waals surface area (Å²) in [6.07, 6.45) is -18.4. The molecule has 19 nitrogen and oxygen atoms in total. The van der Waals surface area contributed by atoms with Crippen molar-refractivity contribution in [2.45, 2.75) is 196 Å². The Morgan fingerprint density at radius 1 is 0.641 bits per heavy atom. The first-order chi connectivity index (χ1) is 30.4. The molecule has 10 N–H and O–H groups in total. The average molecular weight is 917 g/mol. The molecule has 64 heavy (non-hydrogen) atoms. The maximum Gasteiger partial charge on any atom is 0.187 e. The summed E-state index contributed by atoms with van der Waals surface area (Å²) in [5.74, 6) is 1.32. The molecule has 0 amide bonds. The Bertz CT molecular complexity index is 1650. The smallest absolute Gasteiger partial charge is 0.187 e. The van der Waals surface area contributed by atoms with Crippen LogP contribution < -0.4 is 0 Å². The molecule has 1 spiro atoms. The van der Waals surface area contributed by atoms with Crippen molar-refractivity contribution < 1.29 is 93.8 Å². The summed E-state index contributed by atoms with van der Waals surface area (Å²) in [7, 11) is 0. The lowest BCUT2D eigenvalue weighted by molar-refractivity contribution is -0.396. The van der Waals surface area contributed by atoms with Gasteiger partial charge in [-0.15, -0.1) is 0 Å². The van der Waals surface area contributed by atoms with Crippen LogP contribution in [-0.2, 0) is 42.7 Å². The first-order valence-electron chi connectivity index (χ1n) is 23.8. The number of ether oxygens (including phenoxy) is 8. The normalized spacial score (nSPS) is 57.5. The van der Waals surface area contributed by atoms with Gasteiger partial charge in [0.05, 0.1) is 38.6 Å². The van der Waals surface area contributed by atoms with Gasteiger partial charge in [0.15, 0.2) is 24.7 Å². The van der Waals surface area contributed by atoms with Gasteiger partial charge in [0.1, 0.15) is 79.0 Å². The van der Waals surface area contributed by atoms with E-state index in [0.29, 0.717) is 43.5 Å². The Hall–Kier alpha value is -1.05. The molecule has 0 aromatic rings. The van der Waals surface area contributed by atoms with E-state index in [1.807, 2.05) is 0 Å². The molecule has 9 aliphatic rings. The van der Waals surface area contributed by atoms with Crippen LogP contribution in [0.3, 0.4) is 0 Å². The minimum Gasteiger partial charge on any atom is -0.394 e. The second kappa shape index (κ2) is 18.0. The maximum absolute atomic E-state index is 14.7. The predicted octanol–water partition coefficient (Wildman–Crippen LogP) is -1.55. The summed E-state index contributed by atoms with van der Waals surface area (Å²) in [6, 6.07) is 0. The van der Waals surface area contributed by atoms with Gasteiger partial charge in [0.2, 0.25) is 0 Å². The van der Waals surface area contributed by atoms with E-state index in [1.54, 1.807) is 0 Å². The number of rotatable bonds is 9. The number of aliphatic hydroxyl groups excluding tert-OH is 10. The first kappa shape index (κ1) is 48.0. The van der Waals surface area contributed by atoms with E-state index in [2.05, 4.69) is 27.7 Å². The quantitative estimate of drug-likeness (QED) is 0.117. The molecule has 0 aromatic heterocycles. The highest BCUT2D eigenvalue weighted by atomic mass is 16.8. The van der Waals surface area contributed by atoms with Crippen molar-refractivity contribution in [2.75, 3.05) is 26.4 Å². The lowest BCUT2D eigenvalue weighted by Gasteiger charge is -2.61. The Kier molecular flexibility index (Phi) is 13.5. The van der Waals surface area contributed by atoms with Gasteiger partial charge in [-0.3, -0.25) is 4.79 Å². The van der Waals surface area contributed by atoms with Crippen molar-refractivity contribution in [1.82, 2.24) is 0 Å². The van der Waals surface area contributed by atoms with E-state index in [-0.39, 0.29) is 41.1 Å². The lowest BCUT2D eigenvalue weighted by atomic mass is 9.44. The highest BCUT2D eigenvalue weighted by Crippen LogP contribution is 2.70. The topological polar surface area (TPSA) is 293 Å². The van der Waals surface area contributed by atoms with E-state index < -0.39 is 129 Å². The van der Waals surface area contributed by atoms with Crippen LogP contribution in [0.4, 0.5) is 0 Å². The number of fused-ring (bicyclic) bond motifs is 7. The number of ketones is 1. The van der Waals surface area contributed by atoms with Crippen LogP contribution in [0.1, 0.15) is 85.5 Å². The molecule has 0 aromatic carbocycles. The maximum atomic E-state index is 14.7. The summed E-state index contributed by atoms with van der Waals surface area (Å²) in [5.41, 5.74) is -0.660. The first-order valence-corrected chi connectivity index (χ1v) is 23.8. The van der Waals surface area contributed by atoms with Crippen molar-refractivity contribution in [3.05, 3.63) is 0 Å². The highest BCUT2D eigenvalue weighted by Gasteiger charge is 2.72. The molecule has 9 rings (SSSR count). The van der Waals surface area contributed by atoms with Crippen molar-refractivity contribution in [3.63, 3.8) is 0 Å². The molecule has 0 bridgehead atoms. The Labute approximate surface area is 373 Å². The summed E-state index contributed by atoms with van der Waals surface area (Å²) in [5, 5.41) is 106. The Morgan fingerprint density at radius 3 is 1.83 bits per heavy atom. The fourth-order valence-corrected chi connectivity index (χ4v) is 14.3. The third-order valence-corrected chi connectivity index (χ3v) is 18.2. The second-order valence-corrected chi connectivity index (χ2v) is 21.4. The van der Waals surface area contributed by atoms with Crippen molar-refractivity contribution >= 4 is 5.78 Å². The minimum atomic E-state index is -1.89. The van der Waals surface area contributed by atoms with Crippen LogP contribution in [0.5, 0.6) is 0 Å². The molecule has 5 saturated heterocycles. The number of hydrogen-bond donors (Lipinski definition) is 10. The molecule has 0 radical (unpaired) electrons. The largest absolute Gasteiger partial charge is 0.394 e. The van der Waals surface area contributed by atoms with E-state index in [0.717, 1.165) is 38.5 Å². The van der Waals surface area contributed by atoms with Crippen LogP contribution in [-0.4, -0.2) is 193 Å². The zero-order valence-corrected chi connectivity index (χ0v) is 37.2. The zero-order chi connectivity index (χ0) is 45.8. The lowest BCUT2D eigenvalue weighted by Crippen LogP contribution is -2.67. The van der Waals surface area contributed by atoms with Gasteiger partial charge in [-0.05, 0) is 80.0 Å². The number of aliphatic hydroxyl groups is 10. The van der Waals surface area contributed by atoms with Gasteiger partial charge in [0, 0.05) is 30.1 Å². The van der Waals surface area contributed by atoms with Crippen LogP contribution in [0.2, 0.25) is 0 Å². The van der Waals surface area contributed by atoms with Crippen LogP contribution in [0.15, 0.2) is 0 Å². The number of hydrogen-bond acceptors (Lipinski definition) is 19. The standard InChI is InChI=1S/C45H72O19/c1-18-7-10-45(57-17-18)19(2)30-25(64-45)12-24-22-6-5-20-11-21(8-9-43(20,3)23(22)13-29(49)44(24,30)4)58-42-39(63-41-37(56)35(54)32(51)27(15-47)60-41)38(33(52)28(16-48)61-42)62-40-36(55)34(53)31(50)26(14-46)59-40/h18-28,30-42,46-48,50-56H,5-17H2,1-4H3/t18-,19+,20-,21+,22-,23+,24+,25+,26-,27-,28-,30+,31-,32-,33+,34+,35+,36-,37-,38+,39-,40+,41+,42-,43+,44-,45-/m1/s1. The number of carbonyl (C=O) groups excluding carboxylic acids is 1. The molecule has 5 heterocycles. The summed E-state index contributed by atoms with van der Waals surface area (Å²) >= 11 is 0. The number of carbonyl (C=O) groups is 1. The van der Waals surface area contributed by atoms with Gasteiger partial charge in [-0.2, -0.15) is 0 Å². The molecular formula is C45H72O19. The van der Waals surface area contributed by atoms with Crippen molar-refractivity contribution in [1.29, 1.82) is 0 Å². The Balaban J connectivity index is 0.937. The predicted molar refractivity (Wildman–Crippen MR) is 216 cm³/mol. The van der Waals surface area contributed by atoms with Crippen LogP contribution in [0.25, 0.3) is 0 Å². The van der Waals surface area contributed by atoms with E-state index in [4.69, 9.17) is 37.9 Å². The van der Waals surface area contributed by atoms with Gasteiger partial charge in [0.25, 0.3) is 0 Å². The van der Waals surface area contributed by atoms with Gasteiger partial charge in [-0.1, -0.05) is 27.7 Å². The van der Waals surface area contributed by atoms with Crippen molar-refractivity contribution in [2.24, 2.45) is 52.3 Å². The molecule has 366 valence electrons. The van der Waals surface area contributed by atoms with E-state index >= 15 is 0 Å². The highest BCUT2D eigenvalue weighted by molar-refractivity contribution is 5.87. The van der Waals surface area contributed by atoms with Crippen LogP contribution >= 0.6 is 0 Å². The molecule has 9 fully saturated rings. The summed E-state index contributed by atoms with van der Waals surface area (Å²) in [6.45, 7) is 7.37. The third-order valence-electron chi connectivity index (χ3n) is 18.2. The molecular weight excluding hydrogens is 844 g/mol. The molecule has 4 aliphatic carbocycles. The Morgan fingerprint density at radius 2 is 1.23 bits per heavy atom. The van der Waals surface area contributed by atoms with Gasteiger partial charge in [-0.25, -0.2) is 0 Å². The van der Waals surface area contributed by atoms with E-state index in [9.17, 15) is 55.9 Å². The number of Topliss-reactive ketones (excluding diaryl/α,β-unsaturated/α-hetero) is 1.